The van der Waals surface area contributed by atoms with E-state index in [4.69, 9.17) is 0 Å². The summed E-state index contributed by atoms with van der Waals surface area (Å²) in [5.74, 6) is -0.0963. The molecule has 0 bridgehead atoms. The van der Waals surface area contributed by atoms with Crippen LogP contribution in [0, 0.1) is 5.82 Å². The summed E-state index contributed by atoms with van der Waals surface area (Å²) in [6.45, 7) is 3.85. The molecule has 2 aromatic rings. The molecule has 2 rings (SSSR count). The lowest BCUT2D eigenvalue weighted by Crippen LogP contribution is -2.11. The number of benzene rings is 1. The average molecular weight is 245 g/mol. The topological polar surface area (TPSA) is 37.8 Å². The first-order valence-electron chi connectivity index (χ1n) is 6.03. The van der Waals surface area contributed by atoms with Crippen LogP contribution in [0.25, 0.3) is 0 Å². The molecule has 0 saturated carbocycles. The molecule has 0 saturated heterocycles. The fourth-order valence-electron chi connectivity index (χ4n) is 1.78. The Hall–Kier alpha value is -1.97. The van der Waals surface area contributed by atoms with Crippen molar-refractivity contribution >= 4 is 5.82 Å². The van der Waals surface area contributed by atoms with E-state index in [0.29, 0.717) is 12.1 Å². The van der Waals surface area contributed by atoms with Gasteiger partial charge >= 0.3 is 0 Å². The zero-order valence-corrected chi connectivity index (χ0v) is 10.5. The van der Waals surface area contributed by atoms with Gasteiger partial charge in [-0.3, -0.25) is 0 Å². The highest BCUT2D eigenvalue weighted by Gasteiger charge is 2.12. The van der Waals surface area contributed by atoms with Gasteiger partial charge in [-0.25, -0.2) is 14.4 Å². The van der Waals surface area contributed by atoms with E-state index in [0.717, 1.165) is 5.56 Å². The van der Waals surface area contributed by atoms with Crippen molar-refractivity contribution in [2.24, 2.45) is 0 Å². The van der Waals surface area contributed by atoms with Crippen molar-refractivity contribution in [3.63, 3.8) is 0 Å². The van der Waals surface area contributed by atoms with E-state index in [1.165, 1.54) is 6.33 Å². The van der Waals surface area contributed by atoms with Crippen LogP contribution in [-0.2, 0) is 6.42 Å². The van der Waals surface area contributed by atoms with Gasteiger partial charge < -0.3 is 5.32 Å². The first kappa shape index (κ1) is 12.5. The van der Waals surface area contributed by atoms with Gasteiger partial charge in [0.25, 0.3) is 0 Å². The second-order valence-electron chi connectivity index (χ2n) is 4.11. The highest BCUT2D eigenvalue weighted by Crippen LogP contribution is 2.20. The predicted octanol–water partition coefficient (Wildman–Crippen LogP) is 3.35. The molecule has 0 aliphatic carbocycles. The number of aryl methyl sites for hydroxylation is 1. The summed E-state index contributed by atoms with van der Waals surface area (Å²) in [7, 11) is 0. The number of nitrogens with one attached hydrogen (secondary N) is 1. The largest absolute Gasteiger partial charge is 0.361 e. The molecule has 0 fully saturated rings. The molecule has 1 N–H and O–H groups in total. The van der Waals surface area contributed by atoms with Gasteiger partial charge in [-0.15, -0.1) is 0 Å². The summed E-state index contributed by atoms with van der Waals surface area (Å²) < 4.78 is 14.0. The fourth-order valence-corrected chi connectivity index (χ4v) is 1.78. The summed E-state index contributed by atoms with van der Waals surface area (Å²) in [6, 6.07) is 9.87. The zero-order chi connectivity index (χ0) is 13.0. The third-order valence-corrected chi connectivity index (χ3v) is 2.85. The Kier molecular flexibility index (Phi) is 3.87. The van der Waals surface area contributed by atoms with Gasteiger partial charge in [0, 0.05) is 0 Å². The lowest BCUT2D eigenvalue weighted by atomic mass is 10.1. The van der Waals surface area contributed by atoms with E-state index < -0.39 is 0 Å². The molecule has 94 valence electrons. The standard InChI is InChI=1S/C14H16FN3/c1-3-12-13(15)14(17-9-16-12)18-10(2)11-7-5-4-6-8-11/h4-10H,3H2,1-2H3,(H,16,17,18). The monoisotopic (exact) mass is 245 g/mol. The number of rotatable bonds is 4. The number of halogens is 1. The molecule has 1 aromatic carbocycles. The first-order valence-corrected chi connectivity index (χ1v) is 6.03. The minimum absolute atomic E-state index is 0.000283. The molecule has 4 heteroatoms. The minimum Gasteiger partial charge on any atom is -0.361 e. The number of hydrogen-bond acceptors (Lipinski definition) is 3. The average Bonchev–Trinajstić information content (AvgIpc) is 2.42. The molecule has 1 unspecified atom stereocenters. The molecule has 1 aromatic heterocycles. The van der Waals surface area contributed by atoms with E-state index in [1.807, 2.05) is 44.2 Å². The maximum Gasteiger partial charge on any atom is 0.186 e. The molecular weight excluding hydrogens is 229 g/mol. The normalized spacial score (nSPS) is 12.2. The van der Waals surface area contributed by atoms with Gasteiger partial charge in [-0.05, 0) is 18.9 Å². The predicted molar refractivity (Wildman–Crippen MR) is 69.8 cm³/mol. The zero-order valence-electron chi connectivity index (χ0n) is 10.5. The van der Waals surface area contributed by atoms with Crippen LogP contribution < -0.4 is 5.32 Å². The van der Waals surface area contributed by atoms with Crippen LogP contribution in [-0.4, -0.2) is 9.97 Å². The summed E-state index contributed by atoms with van der Waals surface area (Å²) in [5, 5.41) is 3.08. The highest BCUT2D eigenvalue weighted by molar-refractivity contribution is 5.40. The quantitative estimate of drug-likeness (QED) is 0.897. The van der Waals surface area contributed by atoms with Gasteiger partial charge in [0.15, 0.2) is 11.6 Å². The maximum absolute atomic E-state index is 14.0. The Morgan fingerprint density at radius 2 is 1.94 bits per heavy atom. The van der Waals surface area contributed by atoms with Gasteiger partial charge in [0.05, 0.1) is 11.7 Å². The summed E-state index contributed by atoms with van der Waals surface area (Å²) in [4.78, 5) is 7.87. The van der Waals surface area contributed by atoms with Gasteiger partial charge in [-0.2, -0.15) is 0 Å². The van der Waals surface area contributed by atoms with Crippen molar-refractivity contribution in [3.8, 4) is 0 Å². The summed E-state index contributed by atoms with van der Waals surface area (Å²) >= 11 is 0. The third-order valence-electron chi connectivity index (χ3n) is 2.85. The molecule has 18 heavy (non-hydrogen) atoms. The van der Waals surface area contributed by atoms with Gasteiger partial charge in [0.1, 0.15) is 6.33 Å². The van der Waals surface area contributed by atoms with Crippen LogP contribution in [0.15, 0.2) is 36.7 Å². The summed E-state index contributed by atoms with van der Waals surface area (Å²) in [6.07, 6.45) is 1.95. The highest BCUT2D eigenvalue weighted by atomic mass is 19.1. The Bertz CT molecular complexity index is 514. The van der Waals surface area contributed by atoms with Crippen LogP contribution in [0.3, 0.4) is 0 Å². The Morgan fingerprint density at radius 3 is 2.61 bits per heavy atom. The molecule has 3 nitrogen and oxygen atoms in total. The van der Waals surface area contributed by atoms with Crippen molar-refractivity contribution in [3.05, 3.63) is 53.7 Å². The van der Waals surface area contributed by atoms with Crippen molar-refractivity contribution in [2.75, 3.05) is 5.32 Å². The summed E-state index contributed by atoms with van der Waals surface area (Å²) in [5.41, 5.74) is 1.53. The van der Waals surface area contributed by atoms with E-state index in [9.17, 15) is 4.39 Å². The Balaban J connectivity index is 2.19. The molecule has 1 heterocycles. The lowest BCUT2D eigenvalue weighted by molar-refractivity contribution is 0.594. The maximum atomic E-state index is 14.0. The lowest BCUT2D eigenvalue weighted by Gasteiger charge is -2.15. The minimum atomic E-state index is -0.359. The fraction of sp³-hybridized carbons (Fsp3) is 0.286. The van der Waals surface area contributed by atoms with Crippen molar-refractivity contribution in [2.45, 2.75) is 26.3 Å². The number of hydrogen-bond donors (Lipinski definition) is 1. The van der Waals surface area contributed by atoms with Gasteiger partial charge in [0.2, 0.25) is 0 Å². The van der Waals surface area contributed by atoms with E-state index in [1.54, 1.807) is 0 Å². The van der Waals surface area contributed by atoms with Crippen molar-refractivity contribution in [1.82, 2.24) is 9.97 Å². The van der Waals surface area contributed by atoms with Crippen LogP contribution >= 0.6 is 0 Å². The molecule has 0 amide bonds. The van der Waals surface area contributed by atoms with Crippen molar-refractivity contribution in [1.29, 1.82) is 0 Å². The molecule has 0 aliphatic rings. The van der Waals surface area contributed by atoms with Crippen LogP contribution in [0.1, 0.15) is 31.1 Å². The van der Waals surface area contributed by atoms with Crippen LogP contribution in [0.5, 0.6) is 0 Å². The molecule has 0 aliphatic heterocycles. The van der Waals surface area contributed by atoms with E-state index in [2.05, 4.69) is 15.3 Å². The number of anilines is 1. The second kappa shape index (κ2) is 5.58. The Morgan fingerprint density at radius 1 is 1.22 bits per heavy atom. The van der Waals surface area contributed by atoms with E-state index >= 15 is 0 Å². The van der Waals surface area contributed by atoms with Crippen LogP contribution in [0.2, 0.25) is 0 Å². The number of aromatic nitrogens is 2. The second-order valence-corrected chi connectivity index (χ2v) is 4.11. The van der Waals surface area contributed by atoms with Crippen molar-refractivity contribution < 1.29 is 4.39 Å². The third kappa shape index (κ3) is 2.64. The molecule has 1 atom stereocenters. The van der Waals surface area contributed by atoms with E-state index in [-0.39, 0.29) is 17.7 Å². The number of nitrogens with zero attached hydrogens (tertiary/aromatic N) is 2. The van der Waals surface area contributed by atoms with Crippen LogP contribution in [0.4, 0.5) is 10.2 Å². The van der Waals surface area contributed by atoms with Gasteiger partial charge in [-0.1, -0.05) is 37.3 Å². The Labute approximate surface area is 106 Å². The molecular formula is C14H16FN3. The SMILES string of the molecule is CCc1ncnc(NC(C)c2ccccc2)c1F. The molecule has 0 radical (unpaired) electrons. The smallest absolute Gasteiger partial charge is 0.186 e. The molecule has 0 spiro atoms. The first-order chi connectivity index (χ1) is 8.72.